The second kappa shape index (κ2) is 12.5. The molecule has 42 heavy (non-hydrogen) atoms. The van der Waals surface area contributed by atoms with Crippen molar-refractivity contribution < 1.29 is 18.8 Å². The zero-order chi connectivity index (χ0) is 29.9. The first-order chi connectivity index (χ1) is 20.2. The lowest BCUT2D eigenvalue weighted by molar-refractivity contribution is 0.0946. The number of aliphatic hydroxyl groups excluding tert-OH is 1. The molecule has 2 N–H and O–H groups in total. The summed E-state index contributed by atoms with van der Waals surface area (Å²) >= 11 is 0. The molecule has 0 unspecified atom stereocenters. The summed E-state index contributed by atoms with van der Waals surface area (Å²) in [6, 6.07) is 21.0. The molecule has 5 rings (SSSR count). The predicted octanol–water partition coefficient (Wildman–Crippen LogP) is 5.45. The first-order valence-electron chi connectivity index (χ1n) is 14.0. The minimum atomic E-state index is -1.35. The van der Waals surface area contributed by atoms with Gasteiger partial charge in [-0.05, 0) is 74.2 Å². The van der Waals surface area contributed by atoms with Crippen LogP contribution in [-0.4, -0.2) is 48.0 Å². The Morgan fingerprint density at radius 2 is 1.81 bits per heavy atom. The highest BCUT2D eigenvalue weighted by Gasteiger charge is 2.40. The standard InChI is InChI=1S/C33H36N4O4S/c1-33(2,3)42(40)37-21-25-19-27(32(39)35-20-22-12-15-34-16-13-22)36-31(30(25)28(37)14-17-38)24-9-7-8-23(18-24)26-10-5-6-11-29(26)41-4/h5-13,15-16,18-19,28,38H,14,17,20-21H2,1-4H3,(H,35,39)/t28-,42-/m0/s1. The van der Waals surface area contributed by atoms with E-state index in [1.54, 1.807) is 25.6 Å². The van der Waals surface area contributed by atoms with Crippen LogP contribution in [0.3, 0.4) is 0 Å². The number of carbonyl (C=O) groups excluding carboxylic acids is 1. The molecule has 2 atom stereocenters. The van der Waals surface area contributed by atoms with Gasteiger partial charge in [-0.25, -0.2) is 13.5 Å². The van der Waals surface area contributed by atoms with Gasteiger partial charge in [0.15, 0.2) is 0 Å². The molecule has 1 aliphatic rings. The van der Waals surface area contributed by atoms with E-state index in [1.165, 1.54) is 0 Å². The van der Waals surface area contributed by atoms with E-state index in [2.05, 4.69) is 10.3 Å². The summed E-state index contributed by atoms with van der Waals surface area (Å²) in [7, 11) is 0.300. The van der Waals surface area contributed by atoms with E-state index in [-0.39, 0.29) is 24.2 Å². The second-order valence-electron chi connectivity index (χ2n) is 11.2. The van der Waals surface area contributed by atoms with Gasteiger partial charge < -0.3 is 15.2 Å². The summed E-state index contributed by atoms with van der Waals surface area (Å²) in [6.45, 7) is 6.47. The number of pyridine rings is 2. The number of amides is 1. The lowest BCUT2D eigenvalue weighted by Gasteiger charge is -2.30. The van der Waals surface area contributed by atoms with Crippen LogP contribution in [0.25, 0.3) is 22.4 Å². The van der Waals surface area contributed by atoms with Crippen molar-refractivity contribution in [2.45, 2.75) is 51.1 Å². The lowest BCUT2D eigenvalue weighted by atomic mass is 9.94. The minimum absolute atomic E-state index is 0.0726. The molecule has 0 spiro atoms. The van der Waals surface area contributed by atoms with Crippen LogP contribution in [0.2, 0.25) is 0 Å². The third-order valence-corrected chi connectivity index (χ3v) is 9.14. The van der Waals surface area contributed by atoms with Gasteiger partial charge in [0.25, 0.3) is 5.91 Å². The van der Waals surface area contributed by atoms with E-state index < -0.39 is 15.7 Å². The summed E-state index contributed by atoms with van der Waals surface area (Å²) in [4.78, 5) is 22.4. The first-order valence-corrected chi connectivity index (χ1v) is 15.1. The van der Waals surface area contributed by atoms with Crippen molar-refractivity contribution in [2.24, 2.45) is 0 Å². The largest absolute Gasteiger partial charge is 0.496 e. The Morgan fingerprint density at radius 3 is 2.52 bits per heavy atom. The summed E-state index contributed by atoms with van der Waals surface area (Å²) in [6.07, 6.45) is 3.77. The second-order valence-corrected chi connectivity index (χ2v) is 13.4. The Labute approximate surface area is 249 Å². The third-order valence-electron chi connectivity index (χ3n) is 7.28. The summed E-state index contributed by atoms with van der Waals surface area (Å²) in [5.41, 5.74) is 6.34. The van der Waals surface area contributed by atoms with Crippen LogP contribution in [-0.2, 0) is 24.1 Å². The van der Waals surface area contributed by atoms with Crippen LogP contribution in [0.5, 0.6) is 5.75 Å². The molecule has 4 aromatic rings. The van der Waals surface area contributed by atoms with E-state index in [0.717, 1.165) is 39.1 Å². The zero-order valence-corrected chi connectivity index (χ0v) is 25.1. The van der Waals surface area contributed by atoms with Gasteiger partial charge in [0.1, 0.15) is 22.4 Å². The fraction of sp³-hybridized carbons (Fsp3) is 0.303. The molecule has 0 radical (unpaired) electrons. The maximum Gasteiger partial charge on any atom is 0.270 e. The smallest absolute Gasteiger partial charge is 0.270 e. The van der Waals surface area contributed by atoms with Crippen molar-refractivity contribution in [3.8, 4) is 28.1 Å². The number of ether oxygens (including phenoxy) is 1. The number of rotatable bonds is 9. The molecule has 1 aliphatic heterocycles. The number of methoxy groups -OCH3 is 1. The Bertz CT molecular complexity index is 1600. The van der Waals surface area contributed by atoms with E-state index in [4.69, 9.17) is 9.72 Å². The van der Waals surface area contributed by atoms with E-state index in [1.807, 2.05) is 85.7 Å². The molecule has 0 bridgehead atoms. The Hall–Kier alpha value is -3.92. The van der Waals surface area contributed by atoms with Crippen molar-refractivity contribution in [1.82, 2.24) is 19.6 Å². The van der Waals surface area contributed by atoms with Crippen molar-refractivity contribution in [3.05, 3.63) is 102 Å². The van der Waals surface area contributed by atoms with Gasteiger partial charge in [-0.3, -0.25) is 9.78 Å². The van der Waals surface area contributed by atoms with Gasteiger partial charge in [-0.15, -0.1) is 0 Å². The molecular formula is C33H36N4O4S. The molecule has 3 heterocycles. The zero-order valence-electron chi connectivity index (χ0n) is 24.3. The van der Waals surface area contributed by atoms with E-state index >= 15 is 0 Å². The average molecular weight is 585 g/mol. The summed E-state index contributed by atoms with van der Waals surface area (Å²) in [5.74, 6) is 0.452. The van der Waals surface area contributed by atoms with E-state index in [0.29, 0.717) is 25.2 Å². The van der Waals surface area contributed by atoms with Crippen molar-refractivity contribution in [2.75, 3.05) is 13.7 Å². The quantitative estimate of drug-likeness (QED) is 0.271. The van der Waals surface area contributed by atoms with Crippen molar-refractivity contribution >= 4 is 16.9 Å². The Kier molecular flexibility index (Phi) is 8.82. The number of hydrogen-bond acceptors (Lipinski definition) is 6. The van der Waals surface area contributed by atoms with Crippen molar-refractivity contribution in [1.29, 1.82) is 0 Å². The molecule has 8 nitrogen and oxygen atoms in total. The Balaban J connectivity index is 1.62. The lowest BCUT2D eigenvalue weighted by Crippen LogP contribution is -2.36. The number of nitrogens with one attached hydrogen (secondary N) is 1. The molecule has 0 saturated carbocycles. The van der Waals surface area contributed by atoms with Crippen LogP contribution >= 0.6 is 0 Å². The maximum absolute atomic E-state index is 13.7. The van der Waals surface area contributed by atoms with E-state index in [9.17, 15) is 14.1 Å². The molecule has 0 saturated heterocycles. The minimum Gasteiger partial charge on any atom is -0.496 e. The molecule has 1 amide bonds. The first kappa shape index (κ1) is 29.6. The topological polar surface area (TPSA) is 105 Å². The van der Waals surface area contributed by atoms with Crippen LogP contribution in [0.1, 0.15) is 60.4 Å². The normalized spacial score (nSPS) is 15.7. The molecule has 2 aromatic carbocycles. The number of carbonyl (C=O) groups is 1. The number of fused-ring (bicyclic) bond motifs is 1. The highest BCUT2D eigenvalue weighted by Crippen LogP contribution is 2.44. The van der Waals surface area contributed by atoms with Crippen LogP contribution in [0.4, 0.5) is 0 Å². The highest BCUT2D eigenvalue weighted by atomic mass is 32.2. The summed E-state index contributed by atoms with van der Waals surface area (Å²) in [5, 5.41) is 13.0. The average Bonchev–Trinajstić information content (AvgIpc) is 3.37. The van der Waals surface area contributed by atoms with Crippen LogP contribution < -0.4 is 10.1 Å². The number of para-hydroxylation sites is 1. The van der Waals surface area contributed by atoms with Crippen LogP contribution in [0, 0.1) is 0 Å². The molecular weight excluding hydrogens is 548 g/mol. The molecule has 9 heteroatoms. The molecule has 0 fully saturated rings. The monoisotopic (exact) mass is 584 g/mol. The fourth-order valence-corrected chi connectivity index (χ4v) is 6.70. The maximum atomic E-state index is 13.7. The Morgan fingerprint density at radius 1 is 1.07 bits per heavy atom. The predicted molar refractivity (Wildman–Crippen MR) is 165 cm³/mol. The van der Waals surface area contributed by atoms with Gasteiger partial charge in [0, 0.05) is 48.8 Å². The van der Waals surface area contributed by atoms with Crippen molar-refractivity contribution in [3.63, 3.8) is 0 Å². The van der Waals surface area contributed by atoms with Gasteiger partial charge in [0.2, 0.25) is 0 Å². The number of aliphatic hydroxyl groups is 1. The van der Waals surface area contributed by atoms with Gasteiger partial charge in [0.05, 0.1) is 23.6 Å². The number of nitrogens with zero attached hydrogens (tertiary/aromatic N) is 3. The van der Waals surface area contributed by atoms with Gasteiger partial charge in [-0.1, -0.05) is 36.4 Å². The third kappa shape index (κ3) is 6.13. The number of hydrogen-bond donors (Lipinski definition) is 2. The molecule has 0 aliphatic carbocycles. The fourth-order valence-electron chi connectivity index (χ4n) is 5.30. The number of benzene rings is 2. The highest BCUT2D eigenvalue weighted by molar-refractivity contribution is 7.84. The SMILES string of the molecule is COc1ccccc1-c1cccc(-c2nc(C(=O)NCc3ccncc3)cc3c2[C@H](CCO)N([S@@](=O)C(C)(C)C)C3)c1. The van der Waals surface area contributed by atoms with Gasteiger partial charge in [-0.2, -0.15) is 0 Å². The van der Waals surface area contributed by atoms with Crippen LogP contribution in [0.15, 0.2) is 79.1 Å². The van der Waals surface area contributed by atoms with Gasteiger partial charge >= 0.3 is 0 Å². The summed E-state index contributed by atoms with van der Waals surface area (Å²) < 4.78 is 20.7. The number of aromatic nitrogens is 2. The molecule has 218 valence electrons. The molecule has 2 aromatic heterocycles.